The van der Waals surface area contributed by atoms with Crippen molar-refractivity contribution >= 4 is 33.3 Å². The fourth-order valence-corrected chi connectivity index (χ4v) is 4.86. The van der Waals surface area contributed by atoms with Gasteiger partial charge in [-0.2, -0.15) is 9.61 Å². The molecule has 8 nitrogen and oxygen atoms in total. The first-order valence-corrected chi connectivity index (χ1v) is 13.1. The van der Waals surface area contributed by atoms with Crippen LogP contribution < -0.4 is 10.1 Å². The summed E-state index contributed by atoms with van der Waals surface area (Å²) in [5.74, 6) is 1.75. The zero-order chi connectivity index (χ0) is 24.9. The van der Waals surface area contributed by atoms with Crippen LogP contribution in [0.1, 0.15) is 53.7 Å². The molecule has 3 aromatic heterocycles. The smallest absolute Gasteiger partial charge is 0.254 e. The number of rotatable bonds is 8. The lowest BCUT2D eigenvalue weighted by Crippen LogP contribution is -2.39. The van der Waals surface area contributed by atoms with Gasteiger partial charge in [-0.05, 0) is 65.0 Å². The van der Waals surface area contributed by atoms with Gasteiger partial charge >= 0.3 is 0 Å². The average molecular weight is 549 g/mol. The average Bonchev–Trinajstić information content (AvgIpc) is 3.31. The minimum atomic E-state index is 0.0307. The minimum Gasteiger partial charge on any atom is -0.494 e. The molecule has 0 saturated carbocycles. The van der Waals surface area contributed by atoms with E-state index in [-0.39, 0.29) is 11.8 Å². The number of nitrogens with zero attached hydrogens (tertiary/aromatic N) is 5. The molecule has 1 fully saturated rings. The summed E-state index contributed by atoms with van der Waals surface area (Å²) < 4.78 is 8.37. The van der Waals surface area contributed by atoms with Crippen molar-refractivity contribution < 1.29 is 9.53 Å². The number of anilines is 1. The number of pyridine rings is 1. The Morgan fingerprint density at radius 2 is 2.14 bits per heavy atom. The van der Waals surface area contributed by atoms with E-state index in [0.29, 0.717) is 25.3 Å². The first-order valence-electron chi connectivity index (χ1n) is 12.3. The van der Waals surface area contributed by atoms with Crippen molar-refractivity contribution in [1.82, 2.24) is 24.5 Å². The quantitative estimate of drug-likeness (QED) is 0.321. The second-order valence-corrected chi connectivity index (χ2v) is 9.83. The lowest BCUT2D eigenvalue weighted by molar-refractivity contribution is 0.0705. The van der Waals surface area contributed by atoms with Crippen molar-refractivity contribution in [3.8, 4) is 5.75 Å². The van der Waals surface area contributed by atoms with Crippen LogP contribution in [0.15, 0.2) is 65.5 Å². The largest absolute Gasteiger partial charge is 0.494 e. The summed E-state index contributed by atoms with van der Waals surface area (Å²) in [4.78, 5) is 24.4. The van der Waals surface area contributed by atoms with Crippen molar-refractivity contribution in [2.45, 2.75) is 38.6 Å². The number of benzene rings is 1. The van der Waals surface area contributed by atoms with Gasteiger partial charge in [0.2, 0.25) is 0 Å². The van der Waals surface area contributed by atoms with Crippen LogP contribution in [0.2, 0.25) is 0 Å². The molecule has 0 radical (unpaired) electrons. The Hall–Kier alpha value is -3.46. The Morgan fingerprint density at radius 3 is 2.97 bits per heavy atom. The Morgan fingerprint density at radius 1 is 1.22 bits per heavy atom. The highest BCUT2D eigenvalue weighted by Gasteiger charge is 2.27. The van der Waals surface area contributed by atoms with E-state index in [1.165, 1.54) is 0 Å². The molecule has 1 aliphatic rings. The van der Waals surface area contributed by atoms with Gasteiger partial charge in [-0.25, -0.2) is 4.98 Å². The number of likely N-dealkylation sites (tertiary alicyclic amines) is 1. The van der Waals surface area contributed by atoms with E-state index in [9.17, 15) is 4.79 Å². The molecular weight excluding hydrogens is 520 g/mol. The van der Waals surface area contributed by atoms with Crippen molar-refractivity contribution in [3.05, 3.63) is 82.3 Å². The lowest BCUT2D eigenvalue weighted by Gasteiger charge is -2.33. The van der Waals surface area contributed by atoms with Crippen molar-refractivity contribution in [3.63, 3.8) is 0 Å². The first kappa shape index (κ1) is 24.2. The number of fused-ring (bicyclic) bond motifs is 1. The molecule has 36 heavy (non-hydrogen) atoms. The van der Waals surface area contributed by atoms with Gasteiger partial charge in [0.05, 0.1) is 23.0 Å². The maximum atomic E-state index is 13.4. The van der Waals surface area contributed by atoms with E-state index in [2.05, 4.69) is 44.3 Å². The number of ether oxygens (including phenoxy) is 1. The molecule has 1 unspecified atom stereocenters. The SMILES string of the molecule is CCCOc1cccc(C(=O)N2CCCC(c3cc(NCc4cccnc4)n4ncc(Br)c4n3)C2)c1. The van der Waals surface area contributed by atoms with Crippen LogP contribution in [0, 0.1) is 0 Å². The molecule has 1 saturated heterocycles. The van der Waals surface area contributed by atoms with Gasteiger partial charge in [0, 0.05) is 49.6 Å². The lowest BCUT2D eigenvalue weighted by atomic mass is 9.94. The summed E-state index contributed by atoms with van der Waals surface area (Å²) in [5.41, 5.74) is 3.44. The number of amides is 1. The second kappa shape index (κ2) is 11.1. The molecule has 4 heterocycles. The number of carbonyl (C=O) groups is 1. The maximum Gasteiger partial charge on any atom is 0.254 e. The van der Waals surface area contributed by atoms with E-state index in [1.807, 2.05) is 47.5 Å². The molecule has 0 bridgehead atoms. The van der Waals surface area contributed by atoms with E-state index < -0.39 is 0 Å². The van der Waals surface area contributed by atoms with Crippen LogP contribution in [0.4, 0.5) is 5.82 Å². The summed E-state index contributed by atoms with van der Waals surface area (Å²) in [6, 6.07) is 13.5. The van der Waals surface area contributed by atoms with Crippen molar-refractivity contribution in [2.24, 2.45) is 0 Å². The molecule has 4 aromatic rings. The number of nitrogens with one attached hydrogen (secondary N) is 1. The van der Waals surface area contributed by atoms with E-state index >= 15 is 0 Å². The van der Waals surface area contributed by atoms with Gasteiger partial charge in [0.25, 0.3) is 5.91 Å². The van der Waals surface area contributed by atoms with Crippen molar-refractivity contribution in [1.29, 1.82) is 0 Å². The summed E-state index contributed by atoms with van der Waals surface area (Å²) in [5, 5.41) is 7.97. The van der Waals surface area contributed by atoms with Crippen LogP contribution >= 0.6 is 15.9 Å². The summed E-state index contributed by atoms with van der Waals surface area (Å²) in [6.45, 7) is 4.68. The summed E-state index contributed by atoms with van der Waals surface area (Å²) >= 11 is 3.59. The summed E-state index contributed by atoms with van der Waals surface area (Å²) in [6.07, 6.45) is 8.19. The zero-order valence-corrected chi connectivity index (χ0v) is 21.8. The van der Waals surface area contributed by atoms with Gasteiger partial charge in [0.1, 0.15) is 11.6 Å². The zero-order valence-electron chi connectivity index (χ0n) is 20.2. The molecule has 5 rings (SSSR count). The number of hydrogen-bond donors (Lipinski definition) is 1. The predicted molar refractivity (Wildman–Crippen MR) is 142 cm³/mol. The molecule has 9 heteroatoms. The molecule has 1 aromatic carbocycles. The van der Waals surface area contributed by atoms with Crippen LogP contribution in [0.3, 0.4) is 0 Å². The maximum absolute atomic E-state index is 13.4. The number of hydrogen-bond acceptors (Lipinski definition) is 6. The standard InChI is InChI=1S/C27H29BrN6O2/c1-2-12-36-22-9-3-7-20(13-22)27(35)33-11-5-8-21(18-33)24-14-25(30-16-19-6-4-10-29-15-19)34-26(32-24)23(28)17-31-34/h3-4,6-7,9-10,13-15,17,21,30H,2,5,8,11-12,16,18H2,1H3. The highest BCUT2D eigenvalue weighted by atomic mass is 79.9. The van der Waals surface area contributed by atoms with Crippen LogP contribution in [-0.2, 0) is 6.54 Å². The molecule has 186 valence electrons. The van der Waals surface area contributed by atoms with Gasteiger partial charge in [-0.15, -0.1) is 0 Å². The highest BCUT2D eigenvalue weighted by molar-refractivity contribution is 9.10. The number of piperidine rings is 1. The number of halogens is 1. The molecule has 0 spiro atoms. The third-order valence-corrected chi connectivity index (χ3v) is 6.89. The molecule has 1 amide bonds. The molecule has 1 atom stereocenters. The fourth-order valence-electron chi connectivity index (χ4n) is 4.51. The topological polar surface area (TPSA) is 84.7 Å². The molecule has 0 aliphatic carbocycles. The van der Waals surface area contributed by atoms with Crippen LogP contribution in [-0.4, -0.2) is 50.1 Å². The number of carbonyl (C=O) groups excluding carboxylic acids is 1. The first-order chi connectivity index (χ1) is 17.6. The normalized spacial score (nSPS) is 15.7. The van der Waals surface area contributed by atoms with Gasteiger partial charge in [-0.3, -0.25) is 9.78 Å². The van der Waals surface area contributed by atoms with Crippen molar-refractivity contribution in [2.75, 3.05) is 25.0 Å². The fraction of sp³-hybridized carbons (Fsp3) is 0.333. The molecule has 1 aliphatic heterocycles. The van der Waals surface area contributed by atoms with Crippen LogP contribution in [0.5, 0.6) is 5.75 Å². The van der Waals surface area contributed by atoms with Gasteiger partial charge in [0.15, 0.2) is 5.65 Å². The van der Waals surface area contributed by atoms with Gasteiger partial charge < -0.3 is 15.0 Å². The third-order valence-electron chi connectivity index (χ3n) is 6.33. The molecular formula is C27H29BrN6O2. The second-order valence-electron chi connectivity index (χ2n) is 8.98. The predicted octanol–water partition coefficient (Wildman–Crippen LogP) is 5.31. The Kier molecular flexibility index (Phi) is 7.46. The number of aromatic nitrogens is 4. The Labute approximate surface area is 218 Å². The van der Waals surface area contributed by atoms with E-state index in [0.717, 1.165) is 58.8 Å². The third kappa shape index (κ3) is 5.36. The monoisotopic (exact) mass is 548 g/mol. The Bertz CT molecular complexity index is 1340. The van der Waals surface area contributed by atoms with E-state index in [1.54, 1.807) is 16.9 Å². The van der Waals surface area contributed by atoms with Crippen LogP contribution in [0.25, 0.3) is 5.65 Å². The van der Waals surface area contributed by atoms with E-state index in [4.69, 9.17) is 9.72 Å². The Balaban J connectivity index is 1.37. The minimum absolute atomic E-state index is 0.0307. The molecule has 1 N–H and O–H groups in total. The van der Waals surface area contributed by atoms with Gasteiger partial charge in [-0.1, -0.05) is 19.1 Å². The summed E-state index contributed by atoms with van der Waals surface area (Å²) in [7, 11) is 0. The highest BCUT2D eigenvalue weighted by Crippen LogP contribution is 2.30.